The van der Waals surface area contributed by atoms with Gasteiger partial charge in [0.25, 0.3) is 10.0 Å². The molecule has 4 aromatic rings. The van der Waals surface area contributed by atoms with E-state index in [4.69, 9.17) is 11.5 Å². The summed E-state index contributed by atoms with van der Waals surface area (Å²) in [5, 5.41) is 9.69. The molecular weight excluding hydrogens is 400 g/mol. The summed E-state index contributed by atoms with van der Waals surface area (Å²) in [6, 6.07) is 23.5. The number of benzene rings is 3. The van der Waals surface area contributed by atoms with Gasteiger partial charge < -0.3 is 16.5 Å². The average molecular weight is 418 g/mol. The van der Waals surface area contributed by atoms with Crippen molar-refractivity contribution in [3.8, 4) is 11.3 Å². The molecule has 5 N–H and O–H groups in total. The van der Waals surface area contributed by atoms with Crippen LogP contribution >= 0.6 is 0 Å². The minimum atomic E-state index is -3.95. The number of azo groups is 1. The number of para-hydroxylation sites is 1. The largest absolute Gasteiger partial charge is 0.369 e. The normalized spacial score (nSPS) is 11.7. The van der Waals surface area contributed by atoms with Crippen LogP contribution in [0.3, 0.4) is 0 Å². The Hall–Kier alpha value is -3.98. The summed E-state index contributed by atoms with van der Waals surface area (Å²) in [4.78, 5) is 3.36. The van der Waals surface area contributed by atoms with Crippen molar-refractivity contribution in [3.05, 3.63) is 78.9 Å². The zero-order valence-corrected chi connectivity index (χ0v) is 16.5. The van der Waals surface area contributed by atoms with Gasteiger partial charge >= 0.3 is 0 Å². The standard InChI is InChI=1S/C21H18N6O2S/c22-21(23)27-30(28,29)16-12-10-15(11-13-16)25-26-20-17-8-4-5-9-18(17)24-19(20)14-6-2-1-3-7-14/h1-13,24H,(H4,22,23,27). The van der Waals surface area contributed by atoms with Gasteiger partial charge in [0, 0.05) is 16.5 Å². The molecule has 0 saturated carbocycles. The first kappa shape index (κ1) is 19.3. The molecule has 30 heavy (non-hydrogen) atoms. The molecule has 0 spiro atoms. The molecular formula is C21H18N6O2S. The van der Waals surface area contributed by atoms with Crippen LogP contribution < -0.4 is 11.5 Å². The number of hydrogen-bond donors (Lipinski definition) is 3. The topological polar surface area (TPSA) is 139 Å². The summed E-state index contributed by atoms with van der Waals surface area (Å²) in [6.45, 7) is 0. The summed E-state index contributed by atoms with van der Waals surface area (Å²) < 4.78 is 27.3. The SMILES string of the molecule is NC(N)=NS(=O)(=O)c1ccc(N=Nc2c(-c3ccccc3)[nH]c3ccccc23)cc1. The van der Waals surface area contributed by atoms with Crippen molar-refractivity contribution in [2.24, 2.45) is 26.1 Å². The lowest BCUT2D eigenvalue weighted by atomic mass is 10.1. The number of nitrogens with two attached hydrogens (primary N) is 2. The first-order valence-electron chi connectivity index (χ1n) is 8.98. The highest BCUT2D eigenvalue weighted by atomic mass is 32.2. The van der Waals surface area contributed by atoms with E-state index in [9.17, 15) is 8.42 Å². The number of aromatic nitrogens is 1. The van der Waals surface area contributed by atoms with E-state index in [-0.39, 0.29) is 4.90 Å². The Balaban J connectivity index is 1.72. The molecule has 0 amide bonds. The van der Waals surface area contributed by atoms with Gasteiger partial charge in [-0.1, -0.05) is 48.5 Å². The third-order valence-corrected chi connectivity index (χ3v) is 5.69. The highest BCUT2D eigenvalue weighted by Crippen LogP contribution is 2.38. The van der Waals surface area contributed by atoms with Crippen molar-refractivity contribution in [2.75, 3.05) is 0 Å². The molecule has 1 aromatic heterocycles. The Morgan fingerprint density at radius 3 is 2.17 bits per heavy atom. The maximum Gasteiger partial charge on any atom is 0.285 e. The molecule has 0 atom stereocenters. The number of guanidine groups is 1. The Kier molecular flexibility index (Phi) is 5.03. The average Bonchev–Trinajstić information content (AvgIpc) is 3.11. The maximum absolute atomic E-state index is 12.0. The molecule has 1 heterocycles. The molecule has 0 fully saturated rings. The molecule has 9 heteroatoms. The van der Waals surface area contributed by atoms with E-state index >= 15 is 0 Å². The fraction of sp³-hybridized carbons (Fsp3) is 0. The van der Waals surface area contributed by atoms with E-state index in [0.717, 1.165) is 22.2 Å². The number of nitrogens with zero attached hydrogens (tertiary/aromatic N) is 3. The van der Waals surface area contributed by atoms with E-state index in [0.29, 0.717) is 11.4 Å². The van der Waals surface area contributed by atoms with Crippen LogP contribution in [0, 0.1) is 0 Å². The molecule has 0 bridgehead atoms. The summed E-state index contributed by atoms with van der Waals surface area (Å²) in [7, 11) is -3.95. The number of nitrogens with one attached hydrogen (secondary N) is 1. The lowest BCUT2D eigenvalue weighted by molar-refractivity contribution is 0.598. The minimum Gasteiger partial charge on any atom is -0.369 e. The van der Waals surface area contributed by atoms with Crippen molar-refractivity contribution in [3.63, 3.8) is 0 Å². The number of aromatic amines is 1. The second-order valence-electron chi connectivity index (χ2n) is 6.45. The fourth-order valence-electron chi connectivity index (χ4n) is 3.03. The van der Waals surface area contributed by atoms with E-state index in [2.05, 4.69) is 19.6 Å². The quantitative estimate of drug-likeness (QED) is 0.254. The van der Waals surface area contributed by atoms with Crippen molar-refractivity contribution in [2.45, 2.75) is 4.90 Å². The second kappa shape index (κ2) is 7.80. The predicted octanol–water partition coefficient (Wildman–Crippen LogP) is 4.21. The number of fused-ring (bicyclic) bond motifs is 1. The third kappa shape index (κ3) is 3.91. The summed E-state index contributed by atoms with van der Waals surface area (Å²) in [5.74, 6) is -0.522. The lowest BCUT2D eigenvalue weighted by Crippen LogP contribution is -2.24. The smallest absolute Gasteiger partial charge is 0.285 e. The molecule has 0 unspecified atom stereocenters. The molecule has 0 saturated heterocycles. The van der Waals surface area contributed by atoms with Crippen LogP contribution in [-0.4, -0.2) is 19.4 Å². The molecule has 150 valence electrons. The van der Waals surface area contributed by atoms with Crippen molar-refractivity contribution < 1.29 is 8.42 Å². The van der Waals surface area contributed by atoms with Crippen LogP contribution in [0.2, 0.25) is 0 Å². The van der Waals surface area contributed by atoms with Gasteiger partial charge in [-0.05, 0) is 30.3 Å². The third-order valence-electron chi connectivity index (χ3n) is 4.37. The first-order valence-corrected chi connectivity index (χ1v) is 10.4. The van der Waals surface area contributed by atoms with Gasteiger partial charge in [0.2, 0.25) is 5.96 Å². The summed E-state index contributed by atoms with van der Waals surface area (Å²) in [5.41, 5.74) is 14.3. The van der Waals surface area contributed by atoms with E-state index in [1.54, 1.807) is 0 Å². The van der Waals surface area contributed by atoms with Crippen molar-refractivity contribution >= 4 is 38.3 Å². The summed E-state index contributed by atoms with van der Waals surface area (Å²) in [6.07, 6.45) is 0. The van der Waals surface area contributed by atoms with E-state index < -0.39 is 16.0 Å². The Morgan fingerprint density at radius 2 is 1.47 bits per heavy atom. The predicted molar refractivity (Wildman–Crippen MR) is 117 cm³/mol. The Bertz CT molecular complexity index is 1350. The number of rotatable bonds is 5. The van der Waals surface area contributed by atoms with Crippen LogP contribution in [0.5, 0.6) is 0 Å². The zero-order valence-electron chi connectivity index (χ0n) is 15.7. The molecule has 8 nitrogen and oxygen atoms in total. The van der Waals surface area contributed by atoms with Gasteiger partial charge in [-0.25, -0.2) is 0 Å². The second-order valence-corrected chi connectivity index (χ2v) is 8.05. The van der Waals surface area contributed by atoms with Crippen LogP contribution in [0.25, 0.3) is 22.2 Å². The Labute approximate surface area is 173 Å². The Morgan fingerprint density at radius 1 is 0.800 bits per heavy atom. The first-order chi connectivity index (χ1) is 14.4. The molecule has 0 aliphatic heterocycles. The summed E-state index contributed by atoms with van der Waals surface area (Å²) >= 11 is 0. The van der Waals surface area contributed by atoms with Gasteiger partial charge in [0.15, 0.2) is 0 Å². The number of sulfonamides is 1. The lowest BCUT2D eigenvalue weighted by Gasteiger charge is -2.01. The number of H-pyrrole nitrogens is 1. The molecule has 3 aromatic carbocycles. The van der Waals surface area contributed by atoms with Crippen LogP contribution in [0.4, 0.5) is 11.4 Å². The highest BCUT2D eigenvalue weighted by molar-refractivity contribution is 7.90. The minimum absolute atomic E-state index is 0.0353. The monoisotopic (exact) mass is 418 g/mol. The van der Waals surface area contributed by atoms with E-state index in [1.165, 1.54) is 24.3 Å². The van der Waals surface area contributed by atoms with Gasteiger partial charge in [-0.2, -0.15) is 13.5 Å². The van der Waals surface area contributed by atoms with Gasteiger partial charge in [-0.3, -0.25) is 0 Å². The van der Waals surface area contributed by atoms with Gasteiger partial charge in [0.1, 0.15) is 5.69 Å². The fourth-order valence-corrected chi connectivity index (χ4v) is 3.89. The van der Waals surface area contributed by atoms with Crippen LogP contribution in [-0.2, 0) is 10.0 Å². The highest BCUT2D eigenvalue weighted by Gasteiger charge is 2.14. The van der Waals surface area contributed by atoms with Gasteiger partial charge in [0.05, 0.1) is 16.3 Å². The molecule has 0 radical (unpaired) electrons. The van der Waals surface area contributed by atoms with Crippen molar-refractivity contribution in [1.29, 1.82) is 0 Å². The van der Waals surface area contributed by atoms with Crippen molar-refractivity contribution in [1.82, 2.24) is 4.98 Å². The van der Waals surface area contributed by atoms with Crippen LogP contribution in [0.1, 0.15) is 0 Å². The molecule has 0 aliphatic rings. The van der Waals surface area contributed by atoms with Crippen LogP contribution in [0.15, 0.2) is 98.4 Å². The maximum atomic E-state index is 12.0. The molecule has 0 aliphatic carbocycles. The van der Waals surface area contributed by atoms with E-state index in [1.807, 2.05) is 54.6 Å². The van der Waals surface area contributed by atoms with Gasteiger partial charge in [-0.15, -0.1) is 9.51 Å². The molecule has 4 rings (SSSR count). The zero-order chi connectivity index (χ0) is 21.1. The number of hydrogen-bond acceptors (Lipinski definition) is 4.